The van der Waals surface area contributed by atoms with E-state index in [1.807, 2.05) is 30.3 Å². The van der Waals surface area contributed by atoms with E-state index in [1.165, 1.54) is 0 Å². The molecule has 0 heterocycles. The zero-order chi connectivity index (χ0) is 10.4. The van der Waals surface area contributed by atoms with Crippen LogP contribution in [0.1, 0.15) is 6.42 Å². The fraction of sp³-hybridized carbons (Fsp3) is 0.200. The number of nitrogens with one attached hydrogen (secondary N) is 1. The van der Waals surface area contributed by atoms with Crippen molar-refractivity contribution in [3.63, 3.8) is 0 Å². The maximum atomic E-state index is 11.0. The van der Waals surface area contributed by atoms with E-state index in [0.717, 1.165) is 5.69 Å². The van der Waals surface area contributed by atoms with Gasteiger partial charge in [-0.1, -0.05) is 18.2 Å². The number of anilines is 1. The summed E-state index contributed by atoms with van der Waals surface area (Å²) in [6.07, 6.45) is -0.431. The summed E-state index contributed by atoms with van der Waals surface area (Å²) in [7, 11) is 0. The number of rotatable bonds is 5. The van der Waals surface area contributed by atoms with Gasteiger partial charge in [-0.15, -0.1) is 0 Å². The SMILES string of the molecule is O=C(O)CC(=O)CNc1ccccc1. The van der Waals surface area contributed by atoms with Crippen LogP contribution in [0.15, 0.2) is 30.3 Å². The van der Waals surface area contributed by atoms with Gasteiger partial charge < -0.3 is 10.4 Å². The number of carboxylic acid groups (broad SMARTS) is 1. The number of Topliss-reactive ketones (excluding diaryl/α,β-unsaturated/α-hetero) is 1. The number of carbonyl (C=O) groups excluding carboxylic acids is 1. The van der Waals surface area contributed by atoms with Crippen molar-refractivity contribution in [2.45, 2.75) is 6.42 Å². The Bertz CT molecular complexity index is 321. The molecule has 0 spiro atoms. The Morgan fingerprint density at radius 2 is 1.86 bits per heavy atom. The molecule has 0 aromatic heterocycles. The predicted octanol–water partition coefficient (Wildman–Crippen LogP) is 1.14. The van der Waals surface area contributed by atoms with Crippen molar-refractivity contribution in [2.24, 2.45) is 0 Å². The maximum absolute atomic E-state index is 11.0. The Morgan fingerprint density at radius 3 is 2.43 bits per heavy atom. The molecule has 4 nitrogen and oxygen atoms in total. The van der Waals surface area contributed by atoms with Crippen LogP contribution >= 0.6 is 0 Å². The van der Waals surface area contributed by atoms with Crippen LogP contribution in [0, 0.1) is 0 Å². The van der Waals surface area contributed by atoms with E-state index in [9.17, 15) is 9.59 Å². The number of aliphatic carboxylic acids is 1. The van der Waals surface area contributed by atoms with Gasteiger partial charge in [0.25, 0.3) is 0 Å². The molecule has 0 fully saturated rings. The molecule has 0 amide bonds. The Kier molecular flexibility index (Phi) is 3.67. The summed E-state index contributed by atoms with van der Waals surface area (Å²) in [6.45, 7) is 0.0519. The molecule has 1 aromatic rings. The van der Waals surface area contributed by atoms with Gasteiger partial charge in [-0.05, 0) is 12.1 Å². The summed E-state index contributed by atoms with van der Waals surface area (Å²) in [5, 5.41) is 11.2. The summed E-state index contributed by atoms with van der Waals surface area (Å²) < 4.78 is 0. The maximum Gasteiger partial charge on any atom is 0.310 e. The zero-order valence-corrected chi connectivity index (χ0v) is 7.56. The average molecular weight is 193 g/mol. The van der Waals surface area contributed by atoms with Crippen LogP contribution in [0.4, 0.5) is 5.69 Å². The van der Waals surface area contributed by atoms with Gasteiger partial charge >= 0.3 is 5.97 Å². The highest BCUT2D eigenvalue weighted by atomic mass is 16.4. The molecular weight excluding hydrogens is 182 g/mol. The fourth-order valence-electron chi connectivity index (χ4n) is 0.988. The van der Waals surface area contributed by atoms with E-state index < -0.39 is 12.4 Å². The summed E-state index contributed by atoms with van der Waals surface area (Å²) in [4.78, 5) is 21.2. The second-order valence-corrected chi connectivity index (χ2v) is 2.83. The summed E-state index contributed by atoms with van der Waals surface area (Å²) in [6, 6.07) is 9.17. The number of carboxylic acids is 1. The quantitative estimate of drug-likeness (QED) is 0.688. The van der Waals surface area contributed by atoms with Gasteiger partial charge in [0, 0.05) is 5.69 Å². The molecule has 0 aliphatic carbocycles. The fourth-order valence-corrected chi connectivity index (χ4v) is 0.988. The third kappa shape index (κ3) is 3.71. The topological polar surface area (TPSA) is 66.4 Å². The number of ketones is 1. The predicted molar refractivity (Wildman–Crippen MR) is 52.2 cm³/mol. The Hall–Kier alpha value is -1.84. The summed E-state index contributed by atoms with van der Waals surface area (Å²) in [5.74, 6) is -1.42. The molecule has 4 heteroatoms. The van der Waals surface area contributed by atoms with Crippen LogP contribution in [0.25, 0.3) is 0 Å². The van der Waals surface area contributed by atoms with E-state index in [0.29, 0.717) is 0 Å². The highest BCUT2D eigenvalue weighted by Gasteiger charge is 2.06. The first-order valence-corrected chi connectivity index (χ1v) is 4.21. The smallest absolute Gasteiger partial charge is 0.310 e. The molecule has 14 heavy (non-hydrogen) atoms. The van der Waals surface area contributed by atoms with Crippen LogP contribution in [-0.4, -0.2) is 23.4 Å². The van der Waals surface area contributed by atoms with Gasteiger partial charge in [0.1, 0.15) is 6.42 Å². The Labute approximate surface area is 81.6 Å². The second kappa shape index (κ2) is 5.01. The minimum atomic E-state index is -1.09. The molecule has 0 atom stereocenters. The lowest BCUT2D eigenvalue weighted by Gasteiger charge is -2.03. The van der Waals surface area contributed by atoms with E-state index in [-0.39, 0.29) is 12.3 Å². The first-order chi connectivity index (χ1) is 6.68. The molecule has 0 bridgehead atoms. The third-order valence-electron chi connectivity index (χ3n) is 1.61. The number of hydrogen-bond acceptors (Lipinski definition) is 3. The molecule has 0 radical (unpaired) electrons. The molecule has 0 aliphatic rings. The number of carbonyl (C=O) groups is 2. The molecule has 0 aliphatic heterocycles. The first kappa shape index (κ1) is 10.2. The van der Waals surface area contributed by atoms with Gasteiger partial charge in [0.2, 0.25) is 0 Å². The van der Waals surface area contributed by atoms with E-state index >= 15 is 0 Å². The van der Waals surface area contributed by atoms with Crippen molar-refractivity contribution < 1.29 is 14.7 Å². The summed E-state index contributed by atoms with van der Waals surface area (Å²) in [5.41, 5.74) is 0.811. The number of para-hydroxylation sites is 1. The van der Waals surface area contributed by atoms with E-state index in [4.69, 9.17) is 5.11 Å². The van der Waals surface area contributed by atoms with Gasteiger partial charge in [-0.3, -0.25) is 9.59 Å². The molecular formula is C10H11NO3. The average Bonchev–Trinajstić information content (AvgIpc) is 2.15. The largest absolute Gasteiger partial charge is 0.481 e. The molecule has 74 valence electrons. The molecule has 0 saturated carbocycles. The number of benzene rings is 1. The molecule has 1 rings (SSSR count). The lowest BCUT2D eigenvalue weighted by atomic mass is 10.2. The number of hydrogen-bond donors (Lipinski definition) is 2. The van der Waals surface area contributed by atoms with Crippen LogP contribution in [0.3, 0.4) is 0 Å². The standard InChI is InChI=1S/C10H11NO3/c12-9(6-10(13)14)7-11-8-4-2-1-3-5-8/h1-5,11H,6-7H2,(H,13,14). The van der Waals surface area contributed by atoms with Crippen molar-refractivity contribution in [1.29, 1.82) is 0 Å². The van der Waals surface area contributed by atoms with Crippen LogP contribution < -0.4 is 5.32 Å². The van der Waals surface area contributed by atoms with Crippen molar-refractivity contribution in [3.05, 3.63) is 30.3 Å². The van der Waals surface area contributed by atoms with Crippen LogP contribution in [0.2, 0.25) is 0 Å². The van der Waals surface area contributed by atoms with Crippen molar-refractivity contribution in [1.82, 2.24) is 0 Å². The van der Waals surface area contributed by atoms with E-state index in [2.05, 4.69) is 5.32 Å². The molecule has 2 N–H and O–H groups in total. The first-order valence-electron chi connectivity index (χ1n) is 4.21. The highest BCUT2D eigenvalue weighted by Crippen LogP contribution is 2.04. The zero-order valence-electron chi connectivity index (χ0n) is 7.56. The normalized spacial score (nSPS) is 9.43. The van der Waals surface area contributed by atoms with Crippen molar-refractivity contribution >= 4 is 17.4 Å². The van der Waals surface area contributed by atoms with Gasteiger partial charge in [-0.25, -0.2) is 0 Å². The van der Waals surface area contributed by atoms with Gasteiger partial charge in [-0.2, -0.15) is 0 Å². The summed E-state index contributed by atoms with van der Waals surface area (Å²) >= 11 is 0. The monoisotopic (exact) mass is 193 g/mol. The lowest BCUT2D eigenvalue weighted by Crippen LogP contribution is -2.16. The molecule has 0 saturated heterocycles. The molecule has 0 unspecified atom stereocenters. The minimum Gasteiger partial charge on any atom is -0.481 e. The Balaban J connectivity index is 2.34. The van der Waals surface area contributed by atoms with E-state index in [1.54, 1.807) is 0 Å². The third-order valence-corrected chi connectivity index (χ3v) is 1.61. The minimum absolute atomic E-state index is 0.0519. The van der Waals surface area contributed by atoms with Gasteiger partial charge in [0.05, 0.1) is 6.54 Å². The second-order valence-electron chi connectivity index (χ2n) is 2.83. The van der Waals surface area contributed by atoms with Crippen molar-refractivity contribution in [3.8, 4) is 0 Å². The van der Waals surface area contributed by atoms with Crippen LogP contribution in [-0.2, 0) is 9.59 Å². The Morgan fingerprint density at radius 1 is 1.21 bits per heavy atom. The van der Waals surface area contributed by atoms with Gasteiger partial charge in [0.15, 0.2) is 5.78 Å². The van der Waals surface area contributed by atoms with Crippen molar-refractivity contribution in [2.75, 3.05) is 11.9 Å². The van der Waals surface area contributed by atoms with Crippen LogP contribution in [0.5, 0.6) is 0 Å². The highest BCUT2D eigenvalue weighted by molar-refractivity contribution is 5.96. The lowest BCUT2D eigenvalue weighted by molar-refractivity contribution is -0.139. The molecule has 1 aromatic carbocycles.